The second-order valence-corrected chi connectivity index (χ2v) is 10.8. The maximum atomic E-state index is 13.6. The maximum Gasteiger partial charge on any atom is 0.255 e. The number of amides is 2. The van der Waals surface area contributed by atoms with E-state index in [9.17, 15) is 18.0 Å². The van der Waals surface area contributed by atoms with Crippen molar-refractivity contribution in [2.75, 3.05) is 31.5 Å². The standard InChI is InChI=1S/C24H30N2O6S/c1-14(2)17-9-18-19(20(10-17)25-15(3)27)12-26(24(18)28)21(13-33(6,29)30)16-7-8-22(31-4)23(11-16)32-5/h7-11,14,21H,12-13H2,1-6H3,(H,25,27)/t21-/m1/s1. The normalized spacial score (nSPS) is 14.3. The number of hydrogen-bond donors (Lipinski definition) is 1. The van der Waals surface area contributed by atoms with Crippen molar-refractivity contribution in [2.45, 2.75) is 39.3 Å². The molecule has 8 nitrogen and oxygen atoms in total. The van der Waals surface area contributed by atoms with E-state index in [0.717, 1.165) is 11.8 Å². The molecule has 0 bridgehead atoms. The van der Waals surface area contributed by atoms with Crippen LogP contribution < -0.4 is 14.8 Å². The number of fused-ring (bicyclic) bond motifs is 1. The van der Waals surface area contributed by atoms with Crippen molar-refractivity contribution >= 4 is 27.3 Å². The molecule has 1 N–H and O–H groups in total. The lowest BCUT2D eigenvalue weighted by Crippen LogP contribution is -2.33. The number of anilines is 1. The molecule has 2 amide bonds. The molecule has 0 spiro atoms. The van der Waals surface area contributed by atoms with Crippen LogP contribution in [0.3, 0.4) is 0 Å². The van der Waals surface area contributed by atoms with E-state index in [1.54, 1.807) is 23.1 Å². The maximum absolute atomic E-state index is 13.6. The molecule has 0 radical (unpaired) electrons. The van der Waals surface area contributed by atoms with E-state index in [4.69, 9.17) is 9.47 Å². The van der Waals surface area contributed by atoms with Crippen LogP contribution in [0, 0.1) is 0 Å². The Kier molecular flexibility index (Phi) is 7.02. The van der Waals surface area contributed by atoms with Crippen molar-refractivity contribution in [3.05, 3.63) is 52.6 Å². The Morgan fingerprint density at radius 3 is 2.30 bits per heavy atom. The van der Waals surface area contributed by atoms with E-state index in [0.29, 0.717) is 33.9 Å². The van der Waals surface area contributed by atoms with E-state index < -0.39 is 15.9 Å². The molecule has 1 atom stereocenters. The summed E-state index contributed by atoms with van der Waals surface area (Å²) in [6.07, 6.45) is 1.15. The fourth-order valence-corrected chi connectivity index (χ4v) is 5.00. The first-order chi connectivity index (χ1) is 15.4. The second-order valence-electron chi connectivity index (χ2n) is 8.59. The van der Waals surface area contributed by atoms with Gasteiger partial charge in [0.25, 0.3) is 5.91 Å². The minimum absolute atomic E-state index is 0.141. The van der Waals surface area contributed by atoms with Gasteiger partial charge in [0.2, 0.25) is 5.91 Å². The van der Waals surface area contributed by atoms with Gasteiger partial charge in [-0.05, 0) is 41.3 Å². The lowest BCUT2D eigenvalue weighted by atomic mass is 9.96. The van der Waals surface area contributed by atoms with Crippen molar-refractivity contribution in [1.82, 2.24) is 4.90 Å². The van der Waals surface area contributed by atoms with Crippen LogP contribution in [0.5, 0.6) is 11.5 Å². The summed E-state index contributed by atoms with van der Waals surface area (Å²) in [6.45, 7) is 5.61. The fourth-order valence-electron chi connectivity index (χ4n) is 4.05. The van der Waals surface area contributed by atoms with E-state index in [1.165, 1.54) is 21.1 Å². The summed E-state index contributed by atoms with van der Waals surface area (Å²) in [6, 6.07) is 8.09. The Morgan fingerprint density at radius 2 is 1.76 bits per heavy atom. The van der Waals surface area contributed by atoms with Crippen molar-refractivity contribution in [3.63, 3.8) is 0 Å². The van der Waals surface area contributed by atoms with Crippen molar-refractivity contribution in [2.24, 2.45) is 0 Å². The van der Waals surface area contributed by atoms with E-state index in [1.807, 2.05) is 26.0 Å². The van der Waals surface area contributed by atoms with Crippen LogP contribution in [0.4, 0.5) is 5.69 Å². The van der Waals surface area contributed by atoms with Gasteiger partial charge in [0.15, 0.2) is 11.5 Å². The fraction of sp³-hybridized carbons (Fsp3) is 0.417. The lowest BCUT2D eigenvalue weighted by molar-refractivity contribution is -0.114. The van der Waals surface area contributed by atoms with Crippen LogP contribution in [0.1, 0.15) is 59.8 Å². The lowest BCUT2D eigenvalue weighted by Gasteiger charge is -2.28. The first kappa shape index (κ1) is 24.6. The first-order valence-electron chi connectivity index (χ1n) is 10.6. The van der Waals surface area contributed by atoms with Crippen molar-refractivity contribution in [1.29, 1.82) is 0 Å². The van der Waals surface area contributed by atoms with Gasteiger partial charge < -0.3 is 19.7 Å². The highest BCUT2D eigenvalue weighted by Crippen LogP contribution is 2.39. The van der Waals surface area contributed by atoms with Gasteiger partial charge in [-0.15, -0.1) is 0 Å². The largest absolute Gasteiger partial charge is 0.493 e. The molecule has 9 heteroatoms. The molecule has 3 rings (SSSR count). The third kappa shape index (κ3) is 5.30. The molecule has 1 aliphatic rings. The second kappa shape index (κ2) is 9.43. The number of rotatable bonds is 8. The third-order valence-corrected chi connectivity index (χ3v) is 6.62. The molecule has 2 aromatic carbocycles. The average molecular weight is 475 g/mol. The van der Waals surface area contributed by atoms with Gasteiger partial charge in [0, 0.05) is 36.5 Å². The van der Waals surface area contributed by atoms with Crippen LogP contribution in [0.25, 0.3) is 0 Å². The SMILES string of the molecule is COc1ccc([C@@H](CS(C)(=O)=O)N2Cc3c(NC(C)=O)cc(C(C)C)cc3C2=O)cc1OC. The minimum Gasteiger partial charge on any atom is -0.493 e. The van der Waals surface area contributed by atoms with Gasteiger partial charge in [-0.3, -0.25) is 9.59 Å². The third-order valence-electron chi connectivity index (χ3n) is 5.70. The van der Waals surface area contributed by atoms with Crippen LogP contribution >= 0.6 is 0 Å². The van der Waals surface area contributed by atoms with Gasteiger partial charge in [-0.25, -0.2) is 8.42 Å². The molecular weight excluding hydrogens is 444 g/mol. The van der Waals surface area contributed by atoms with Crippen LogP contribution in [0.15, 0.2) is 30.3 Å². The average Bonchev–Trinajstić information content (AvgIpc) is 3.07. The smallest absolute Gasteiger partial charge is 0.255 e. The molecule has 33 heavy (non-hydrogen) atoms. The number of sulfone groups is 1. The Bertz CT molecular complexity index is 1190. The summed E-state index contributed by atoms with van der Waals surface area (Å²) in [5.41, 5.74) is 3.26. The summed E-state index contributed by atoms with van der Waals surface area (Å²) >= 11 is 0. The molecule has 0 unspecified atom stereocenters. The highest BCUT2D eigenvalue weighted by Gasteiger charge is 2.37. The highest BCUT2D eigenvalue weighted by atomic mass is 32.2. The molecule has 1 aliphatic heterocycles. The van der Waals surface area contributed by atoms with Gasteiger partial charge in [0.1, 0.15) is 9.84 Å². The number of methoxy groups -OCH3 is 2. The quantitative estimate of drug-likeness (QED) is 0.628. The molecule has 0 aliphatic carbocycles. The number of carbonyl (C=O) groups excluding carboxylic acids is 2. The van der Waals surface area contributed by atoms with Gasteiger partial charge >= 0.3 is 0 Å². The summed E-state index contributed by atoms with van der Waals surface area (Å²) in [4.78, 5) is 26.9. The Morgan fingerprint density at radius 1 is 1.09 bits per heavy atom. The molecule has 0 saturated carbocycles. The van der Waals surface area contributed by atoms with Gasteiger partial charge in [-0.1, -0.05) is 19.9 Å². The number of carbonyl (C=O) groups is 2. The Labute approximate surface area is 194 Å². The Balaban J connectivity index is 2.12. The topological polar surface area (TPSA) is 102 Å². The number of nitrogens with one attached hydrogen (secondary N) is 1. The highest BCUT2D eigenvalue weighted by molar-refractivity contribution is 7.90. The van der Waals surface area contributed by atoms with Crippen molar-refractivity contribution < 1.29 is 27.5 Å². The molecule has 0 aromatic heterocycles. The molecule has 0 fully saturated rings. The molecule has 1 heterocycles. The van der Waals surface area contributed by atoms with Crippen LogP contribution in [-0.4, -0.2) is 51.4 Å². The Hall–Kier alpha value is -3.07. The molecule has 0 saturated heterocycles. The first-order valence-corrected chi connectivity index (χ1v) is 12.7. The van der Waals surface area contributed by atoms with Gasteiger partial charge in [0.05, 0.1) is 26.0 Å². The summed E-state index contributed by atoms with van der Waals surface area (Å²) in [5, 5.41) is 2.83. The zero-order chi connectivity index (χ0) is 24.5. The molecular formula is C24H30N2O6S. The number of hydrogen-bond acceptors (Lipinski definition) is 6. The zero-order valence-electron chi connectivity index (χ0n) is 19.8. The number of nitrogens with zero attached hydrogens (tertiary/aromatic N) is 1. The van der Waals surface area contributed by atoms with E-state index in [2.05, 4.69) is 5.32 Å². The number of benzene rings is 2. The zero-order valence-corrected chi connectivity index (χ0v) is 20.6. The summed E-state index contributed by atoms with van der Waals surface area (Å²) < 4.78 is 35.3. The van der Waals surface area contributed by atoms with E-state index in [-0.39, 0.29) is 30.0 Å². The summed E-state index contributed by atoms with van der Waals surface area (Å²) in [5.74, 6) is 0.319. The van der Waals surface area contributed by atoms with Crippen molar-refractivity contribution in [3.8, 4) is 11.5 Å². The molecule has 178 valence electrons. The van der Waals surface area contributed by atoms with E-state index >= 15 is 0 Å². The predicted octanol–water partition coefficient (Wildman–Crippen LogP) is 3.53. The summed E-state index contributed by atoms with van der Waals surface area (Å²) in [7, 11) is -0.428. The predicted molar refractivity (Wildman–Crippen MR) is 127 cm³/mol. The van der Waals surface area contributed by atoms with Crippen LogP contribution in [-0.2, 0) is 21.2 Å². The minimum atomic E-state index is -3.44. The van der Waals surface area contributed by atoms with Crippen LogP contribution in [0.2, 0.25) is 0 Å². The molecule has 2 aromatic rings. The van der Waals surface area contributed by atoms with Gasteiger partial charge in [-0.2, -0.15) is 0 Å². The number of ether oxygens (including phenoxy) is 2. The monoisotopic (exact) mass is 474 g/mol.